The third kappa shape index (κ3) is 14.2. The first-order chi connectivity index (χ1) is 21.0. The molecule has 11 heteroatoms. The van der Waals surface area contributed by atoms with E-state index in [1.54, 1.807) is 0 Å². The van der Waals surface area contributed by atoms with Crippen LogP contribution in [0.25, 0.3) is 22.8 Å². The summed E-state index contributed by atoms with van der Waals surface area (Å²) in [6, 6.07) is 20.5. The number of pyridine rings is 4. The first-order valence-corrected chi connectivity index (χ1v) is 17.9. The van der Waals surface area contributed by atoms with E-state index in [0.717, 1.165) is 57.5 Å². The SMILES string of the molecule is CC(C)[Si](c1ccc(-c2ccccn2)nc1)C(C)C.CC(C)[Si](c1ccc(-c2ccccn2)nc1)C(C)C.N#CO.N#CO.[Fe]. The molecule has 4 aromatic rings. The Balaban J connectivity index is 0.000000719. The molecule has 0 amide bonds. The molecule has 0 bridgehead atoms. The van der Waals surface area contributed by atoms with E-state index in [4.69, 9.17) is 20.7 Å². The molecule has 45 heavy (non-hydrogen) atoms. The molecule has 0 saturated heterocycles. The number of hydrogen-bond acceptors (Lipinski definition) is 8. The zero-order valence-corrected chi connectivity index (χ0v) is 30.4. The minimum Gasteiger partial charge on any atom is -0.443 e. The smallest absolute Gasteiger partial charge is 0.283 e. The molecule has 8 nitrogen and oxygen atoms in total. The number of aliphatic hydroxyl groups is 2. The Morgan fingerprint density at radius 3 is 1.00 bits per heavy atom. The van der Waals surface area contributed by atoms with Crippen molar-refractivity contribution in [1.82, 2.24) is 19.9 Å². The van der Waals surface area contributed by atoms with Gasteiger partial charge < -0.3 is 10.2 Å². The normalized spacial score (nSPS) is 10.0. The molecule has 0 spiro atoms. The summed E-state index contributed by atoms with van der Waals surface area (Å²) in [5, 5.41) is 30.4. The molecule has 0 saturated carbocycles. The van der Waals surface area contributed by atoms with Crippen molar-refractivity contribution in [3.05, 3.63) is 85.5 Å². The van der Waals surface area contributed by atoms with Gasteiger partial charge in [-0.25, -0.2) is 0 Å². The fourth-order valence-electron chi connectivity index (χ4n) is 5.13. The summed E-state index contributed by atoms with van der Waals surface area (Å²) >= 11 is 0. The maximum atomic E-state index is 6.88. The summed E-state index contributed by atoms with van der Waals surface area (Å²) in [6.07, 6.45) is 9.22. The van der Waals surface area contributed by atoms with Gasteiger partial charge in [0.15, 0.2) is 0 Å². The zero-order chi connectivity index (χ0) is 33.1. The molecule has 0 aliphatic heterocycles. The second-order valence-corrected chi connectivity index (χ2v) is 18.6. The molecule has 0 aliphatic carbocycles. The number of aliphatic hydroxyl groups excluding tert-OH is 2. The second-order valence-electron chi connectivity index (χ2n) is 11.0. The minimum absolute atomic E-state index is 0. The van der Waals surface area contributed by atoms with Gasteiger partial charge in [-0.15, -0.1) is 0 Å². The van der Waals surface area contributed by atoms with Gasteiger partial charge in [0.25, 0.3) is 12.5 Å². The fourth-order valence-corrected chi connectivity index (χ4v) is 11.4. The Labute approximate surface area is 283 Å². The Hall–Kier alpha value is -3.87. The van der Waals surface area contributed by atoms with Crippen molar-refractivity contribution in [3.8, 4) is 35.3 Å². The van der Waals surface area contributed by atoms with E-state index in [2.05, 4.69) is 112 Å². The van der Waals surface area contributed by atoms with Gasteiger partial charge in [-0.05, 0) is 68.9 Å². The number of nitrogens with zero attached hydrogens (tertiary/aromatic N) is 6. The van der Waals surface area contributed by atoms with Crippen LogP contribution in [0.5, 0.6) is 0 Å². The number of aromatic nitrogens is 4. The van der Waals surface area contributed by atoms with Gasteiger partial charge in [0.05, 0.1) is 40.4 Å². The van der Waals surface area contributed by atoms with E-state index in [1.807, 2.05) is 48.8 Å². The molecule has 0 unspecified atom stereocenters. The van der Waals surface area contributed by atoms with Crippen LogP contribution in [-0.4, -0.2) is 47.7 Å². The topological polar surface area (TPSA) is 140 Å². The molecular weight excluding hydrogens is 636 g/mol. The molecular formula is C34H44FeN6O2Si2. The van der Waals surface area contributed by atoms with E-state index in [-0.39, 0.29) is 17.1 Å². The number of nitriles is 2. The van der Waals surface area contributed by atoms with Crippen molar-refractivity contribution >= 4 is 28.0 Å². The molecule has 4 aromatic heterocycles. The second kappa shape index (κ2) is 22.6. The van der Waals surface area contributed by atoms with Gasteiger partial charge in [0, 0.05) is 41.9 Å². The van der Waals surface area contributed by atoms with Crippen molar-refractivity contribution in [2.45, 2.75) is 77.6 Å². The summed E-state index contributed by atoms with van der Waals surface area (Å²) in [6.45, 7) is 18.6. The molecule has 0 aromatic carbocycles. The summed E-state index contributed by atoms with van der Waals surface area (Å²) in [4.78, 5) is 17.9. The Morgan fingerprint density at radius 1 is 0.511 bits per heavy atom. The van der Waals surface area contributed by atoms with Crippen LogP contribution in [0, 0.1) is 23.0 Å². The van der Waals surface area contributed by atoms with Gasteiger partial charge in [0.2, 0.25) is 0 Å². The summed E-state index contributed by atoms with van der Waals surface area (Å²) in [5.41, 5.74) is 6.71. The summed E-state index contributed by atoms with van der Waals surface area (Å²) < 4.78 is 0. The van der Waals surface area contributed by atoms with Gasteiger partial charge in [-0.3, -0.25) is 19.9 Å². The summed E-state index contributed by atoms with van der Waals surface area (Å²) in [5.74, 6) is 0. The van der Waals surface area contributed by atoms with E-state index >= 15 is 0 Å². The van der Waals surface area contributed by atoms with Crippen LogP contribution in [0.3, 0.4) is 0 Å². The Bertz CT molecular complexity index is 1290. The number of rotatable bonds is 8. The van der Waals surface area contributed by atoms with Crippen LogP contribution < -0.4 is 10.4 Å². The fraction of sp³-hybridized carbons (Fsp3) is 0.353. The molecule has 2 radical (unpaired) electrons. The van der Waals surface area contributed by atoms with E-state index in [9.17, 15) is 0 Å². The van der Waals surface area contributed by atoms with Crippen molar-refractivity contribution in [2.24, 2.45) is 0 Å². The average Bonchev–Trinajstić information content (AvgIpc) is 2.99. The number of hydrogen-bond donors (Lipinski definition) is 2. The third-order valence-electron chi connectivity index (χ3n) is 6.54. The van der Waals surface area contributed by atoms with Gasteiger partial charge in [-0.2, -0.15) is 10.5 Å². The molecule has 0 atom stereocenters. The summed E-state index contributed by atoms with van der Waals surface area (Å²) in [7, 11) is -1.07. The van der Waals surface area contributed by atoms with E-state index in [1.165, 1.54) is 10.4 Å². The molecule has 238 valence electrons. The van der Waals surface area contributed by atoms with Crippen LogP contribution >= 0.6 is 0 Å². The van der Waals surface area contributed by atoms with Crippen molar-refractivity contribution in [1.29, 1.82) is 10.5 Å². The first-order valence-electron chi connectivity index (χ1n) is 14.6. The van der Waals surface area contributed by atoms with Gasteiger partial charge in [-0.1, -0.05) is 79.7 Å². The maximum absolute atomic E-state index is 6.88. The molecule has 0 aliphatic rings. The maximum Gasteiger partial charge on any atom is 0.283 e. The van der Waals surface area contributed by atoms with Crippen LogP contribution in [0.2, 0.25) is 22.2 Å². The van der Waals surface area contributed by atoms with Crippen LogP contribution in [0.15, 0.2) is 85.5 Å². The van der Waals surface area contributed by atoms with E-state index in [0.29, 0.717) is 0 Å². The largest absolute Gasteiger partial charge is 0.443 e. The molecule has 0 fully saturated rings. The van der Waals surface area contributed by atoms with Gasteiger partial charge in [0.1, 0.15) is 0 Å². The Kier molecular flexibility index (Phi) is 20.7. The van der Waals surface area contributed by atoms with E-state index < -0.39 is 17.6 Å². The Morgan fingerprint density at radius 2 is 0.800 bits per heavy atom. The minimum atomic E-state index is -0.537. The predicted molar refractivity (Wildman–Crippen MR) is 181 cm³/mol. The monoisotopic (exact) mass is 680 g/mol. The molecule has 4 rings (SSSR count). The van der Waals surface area contributed by atoms with Crippen molar-refractivity contribution < 1.29 is 27.3 Å². The van der Waals surface area contributed by atoms with Crippen molar-refractivity contribution in [3.63, 3.8) is 0 Å². The zero-order valence-electron chi connectivity index (χ0n) is 27.3. The first kappa shape index (κ1) is 41.1. The van der Waals surface area contributed by atoms with Crippen LogP contribution in [-0.2, 0) is 17.1 Å². The standard InChI is InChI=1S/2C16H21N2Si.2CHNO.Fe/c2*1-12(2)19(13(3)4)14-8-9-16(18-11-14)15-7-5-6-10-17-15;2*2-1-3;/h2*5-13H,1-4H3;2*3H;. The van der Waals surface area contributed by atoms with Crippen LogP contribution in [0.4, 0.5) is 0 Å². The molecule has 4 heterocycles. The average molecular weight is 681 g/mol. The quantitative estimate of drug-likeness (QED) is 0.150. The third-order valence-corrected chi connectivity index (χ3v) is 13.4. The molecule has 2 N–H and O–H groups in total. The van der Waals surface area contributed by atoms with Crippen LogP contribution in [0.1, 0.15) is 55.4 Å². The predicted octanol–water partition coefficient (Wildman–Crippen LogP) is 7.01. The van der Waals surface area contributed by atoms with Gasteiger partial charge >= 0.3 is 0 Å². The van der Waals surface area contributed by atoms with Crippen molar-refractivity contribution in [2.75, 3.05) is 0 Å².